The largest absolute Gasteiger partial charge is 0.365 e. The molecule has 2 fully saturated rings. The lowest BCUT2D eigenvalue weighted by Gasteiger charge is -2.26. The van der Waals surface area contributed by atoms with Crippen molar-refractivity contribution in [3.05, 3.63) is 29.0 Å². The van der Waals surface area contributed by atoms with E-state index in [9.17, 15) is 9.28 Å². The van der Waals surface area contributed by atoms with Gasteiger partial charge < -0.3 is 28.8 Å². The molecule has 1 aliphatic carbocycles. The van der Waals surface area contributed by atoms with Crippen molar-refractivity contribution in [1.29, 1.82) is 0 Å². The molecule has 12 heteroatoms. The summed E-state index contributed by atoms with van der Waals surface area (Å²) in [6.45, 7) is -0.0137. The molecule has 1 aromatic carbocycles. The molecule has 0 spiro atoms. The summed E-state index contributed by atoms with van der Waals surface area (Å²) in [5.74, 6) is 0.556. The van der Waals surface area contributed by atoms with Crippen LogP contribution in [0.1, 0.15) is 43.8 Å². The molecular weight excluding hydrogens is 479 g/mol. The van der Waals surface area contributed by atoms with E-state index < -0.39 is 35.1 Å². The van der Waals surface area contributed by atoms with Crippen LogP contribution in [0, 0.1) is 0 Å². The molecule has 1 aromatic heterocycles. The Bertz CT molecular complexity index is 939. The molecule has 2 aliphatic rings. The molecule has 8 nitrogen and oxygen atoms in total. The van der Waals surface area contributed by atoms with Crippen LogP contribution in [0.5, 0.6) is 0 Å². The van der Waals surface area contributed by atoms with Crippen molar-refractivity contribution in [2.45, 2.75) is 56.5 Å². The van der Waals surface area contributed by atoms with Gasteiger partial charge in [0, 0.05) is 24.9 Å². The number of fused-ring (bicyclic) bond motifs is 1. The zero-order valence-corrected chi connectivity index (χ0v) is 20.2. The zero-order chi connectivity index (χ0) is 22.8. The van der Waals surface area contributed by atoms with Gasteiger partial charge in [-0.3, -0.25) is 0 Å². The van der Waals surface area contributed by atoms with Gasteiger partial charge in [-0.2, -0.15) is 4.98 Å². The van der Waals surface area contributed by atoms with Crippen molar-refractivity contribution in [1.82, 2.24) is 9.97 Å². The van der Waals surface area contributed by atoms with Crippen LogP contribution in [0.3, 0.4) is 0 Å². The van der Waals surface area contributed by atoms with E-state index in [2.05, 4.69) is 14.9 Å². The summed E-state index contributed by atoms with van der Waals surface area (Å²) in [7, 11) is -2.18. The molecule has 1 aliphatic heterocycles. The lowest BCUT2D eigenvalue weighted by Crippen LogP contribution is -2.29. The second-order valence-corrected chi connectivity index (χ2v) is 11.4. The summed E-state index contributed by atoms with van der Waals surface area (Å²) in [5, 5.41) is 1.00. The zero-order valence-electron chi connectivity index (χ0n) is 17.6. The number of halogens is 2. The maximum atomic E-state index is 14.8. The minimum Gasteiger partial charge on any atom is -0.365 e. The highest BCUT2D eigenvalue weighted by Crippen LogP contribution is 2.45. The molecule has 2 heterocycles. The van der Waals surface area contributed by atoms with Crippen LogP contribution in [0.25, 0.3) is 10.9 Å². The third-order valence-electron chi connectivity index (χ3n) is 6.02. The molecule has 176 valence electrons. The fourth-order valence-electron chi connectivity index (χ4n) is 4.45. The van der Waals surface area contributed by atoms with E-state index in [1.165, 1.54) is 12.8 Å². The van der Waals surface area contributed by atoms with Gasteiger partial charge in [-0.1, -0.05) is 18.9 Å². The smallest absolute Gasteiger partial charge is 0.224 e. The normalized spacial score (nSPS) is 25.2. The van der Waals surface area contributed by atoms with Crippen LogP contribution in [0.2, 0.25) is 5.28 Å². The second-order valence-electron chi connectivity index (χ2n) is 8.23. The maximum Gasteiger partial charge on any atom is 0.224 e. The van der Waals surface area contributed by atoms with Gasteiger partial charge in [0.05, 0.1) is 24.1 Å². The van der Waals surface area contributed by atoms with Crippen LogP contribution in [0.4, 0.5) is 10.2 Å². The topological polar surface area (TPSA) is 108 Å². The first kappa shape index (κ1) is 24.4. The molecule has 0 amide bonds. The predicted molar refractivity (Wildman–Crippen MR) is 124 cm³/mol. The Hall–Kier alpha value is -0.760. The Balaban J connectivity index is 1.50. The van der Waals surface area contributed by atoms with Crippen molar-refractivity contribution < 1.29 is 28.3 Å². The lowest BCUT2D eigenvalue weighted by molar-refractivity contribution is 0.00646. The first-order valence-electron chi connectivity index (χ1n) is 10.6. The minimum atomic E-state index is -2.24. The standard InChI is InChI=1S/C20H27ClFN3O5P2/c1-25(13-4-2-3-5-13)19-15-7-6-12(8-17(15)23-20(21)24-19)18-16(22)9-14(30-18)10-29-32(28)11-31(26)27/h6-8,13-14,16,18,26-28H,2-5,9-11H2,1H3/t14-,16?,18-,32?/m0/s1. The van der Waals surface area contributed by atoms with E-state index in [4.69, 9.17) is 30.6 Å². The minimum absolute atomic E-state index is 0.0137. The van der Waals surface area contributed by atoms with Crippen molar-refractivity contribution in [2.75, 3.05) is 24.5 Å². The van der Waals surface area contributed by atoms with Crippen molar-refractivity contribution >= 4 is 45.1 Å². The molecule has 4 rings (SSSR count). The summed E-state index contributed by atoms with van der Waals surface area (Å²) >= 11 is 6.22. The van der Waals surface area contributed by atoms with Gasteiger partial charge >= 0.3 is 0 Å². The highest BCUT2D eigenvalue weighted by Gasteiger charge is 2.37. The highest BCUT2D eigenvalue weighted by atomic mass is 35.5. The highest BCUT2D eigenvalue weighted by molar-refractivity contribution is 7.63. The molecule has 1 saturated carbocycles. The van der Waals surface area contributed by atoms with E-state index >= 15 is 0 Å². The van der Waals surface area contributed by atoms with Crippen molar-refractivity contribution in [2.24, 2.45) is 0 Å². The second kappa shape index (κ2) is 10.7. The molecule has 2 aromatic rings. The van der Waals surface area contributed by atoms with Gasteiger partial charge in [-0.05, 0) is 42.1 Å². The van der Waals surface area contributed by atoms with Crippen LogP contribution >= 0.6 is 28.4 Å². The number of hydrogen-bond donors (Lipinski definition) is 3. The number of ether oxygens (including phenoxy) is 1. The first-order valence-corrected chi connectivity index (χ1v) is 13.8. The summed E-state index contributed by atoms with van der Waals surface area (Å²) < 4.78 is 25.8. The Morgan fingerprint density at radius 1 is 1.25 bits per heavy atom. The third kappa shape index (κ3) is 5.65. The Morgan fingerprint density at radius 3 is 2.72 bits per heavy atom. The van der Waals surface area contributed by atoms with Gasteiger partial charge in [0.25, 0.3) is 0 Å². The Labute approximate surface area is 193 Å². The van der Waals surface area contributed by atoms with E-state index in [1.807, 2.05) is 19.2 Å². The monoisotopic (exact) mass is 505 g/mol. The predicted octanol–water partition coefficient (Wildman–Crippen LogP) is 4.40. The molecule has 0 radical (unpaired) electrons. The molecule has 4 atom stereocenters. The average molecular weight is 506 g/mol. The molecule has 1 saturated heterocycles. The molecule has 3 N–H and O–H groups in total. The average Bonchev–Trinajstić information content (AvgIpc) is 3.40. The van der Waals surface area contributed by atoms with E-state index in [0.717, 1.165) is 24.0 Å². The Morgan fingerprint density at radius 2 is 2.00 bits per heavy atom. The van der Waals surface area contributed by atoms with Gasteiger partial charge in [-0.25, -0.2) is 9.37 Å². The summed E-state index contributed by atoms with van der Waals surface area (Å²) in [4.78, 5) is 38.6. The van der Waals surface area contributed by atoms with Gasteiger partial charge in [0.1, 0.15) is 18.1 Å². The number of benzene rings is 1. The van der Waals surface area contributed by atoms with Crippen LogP contribution in [-0.4, -0.2) is 62.5 Å². The first-order chi connectivity index (χ1) is 15.3. The van der Waals surface area contributed by atoms with E-state index in [1.54, 1.807) is 6.07 Å². The van der Waals surface area contributed by atoms with Gasteiger partial charge in [-0.15, -0.1) is 0 Å². The Kier molecular flexibility index (Phi) is 8.12. The number of hydrogen-bond acceptors (Lipinski definition) is 8. The molecule has 32 heavy (non-hydrogen) atoms. The molecular formula is C20H27ClFN3O5P2. The summed E-state index contributed by atoms with van der Waals surface area (Å²) in [5.41, 5.74) is 1.29. The molecule has 0 bridgehead atoms. The fourth-order valence-corrected chi connectivity index (χ4v) is 6.15. The van der Waals surface area contributed by atoms with E-state index in [0.29, 0.717) is 17.1 Å². The fraction of sp³-hybridized carbons (Fsp3) is 0.600. The number of anilines is 1. The SMILES string of the molecule is CN(c1nc(Cl)nc2cc([C@@H]3O[C@H](COP(O)CP(O)O)CC3F)ccc12)C1CCCC1. The quantitative estimate of drug-likeness (QED) is 0.358. The van der Waals surface area contributed by atoms with Crippen LogP contribution in [0.15, 0.2) is 18.2 Å². The van der Waals surface area contributed by atoms with Crippen LogP contribution in [-0.2, 0) is 9.26 Å². The van der Waals surface area contributed by atoms with Crippen molar-refractivity contribution in [3.8, 4) is 0 Å². The maximum absolute atomic E-state index is 14.8. The van der Waals surface area contributed by atoms with Gasteiger partial charge in [0.15, 0.2) is 16.8 Å². The summed E-state index contributed by atoms with van der Waals surface area (Å²) in [6, 6.07) is 5.93. The summed E-state index contributed by atoms with van der Waals surface area (Å²) in [6.07, 6.45) is 2.22. The number of aromatic nitrogens is 2. The third-order valence-corrected chi connectivity index (χ3v) is 8.62. The van der Waals surface area contributed by atoms with E-state index in [-0.39, 0.29) is 24.2 Å². The number of rotatable bonds is 8. The van der Waals surface area contributed by atoms with Gasteiger partial charge in [0.2, 0.25) is 5.28 Å². The number of alkyl halides is 1. The lowest BCUT2D eigenvalue weighted by atomic mass is 10.0. The molecule has 2 unspecified atom stereocenters. The van der Waals surface area contributed by atoms with Crippen molar-refractivity contribution in [3.63, 3.8) is 0 Å². The van der Waals surface area contributed by atoms with Crippen LogP contribution < -0.4 is 4.90 Å². The number of nitrogens with zero attached hydrogens (tertiary/aromatic N) is 3.